The van der Waals surface area contributed by atoms with Gasteiger partial charge in [-0.1, -0.05) is 22.9 Å². The van der Waals surface area contributed by atoms with Gasteiger partial charge in [0.1, 0.15) is 12.6 Å². The van der Waals surface area contributed by atoms with E-state index in [0.29, 0.717) is 17.4 Å². The van der Waals surface area contributed by atoms with Gasteiger partial charge < -0.3 is 10.6 Å². The van der Waals surface area contributed by atoms with Crippen LogP contribution in [0.5, 0.6) is 0 Å². The molecule has 2 N–H and O–H groups in total. The van der Waals surface area contributed by atoms with Crippen molar-refractivity contribution in [1.29, 1.82) is 0 Å². The van der Waals surface area contributed by atoms with Crippen molar-refractivity contribution in [3.05, 3.63) is 39.4 Å². The molecule has 0 bridgehead atoms. The van der Waals surface area contributed by atoms with E-state index in [4.69, 9.17) is 0 Å². The number of carbonyl (C=O) groups excluding carboxylic acids is 2. The topological polar surface area (TPSA) is 93.1 Å². The summed E-state index contributed by atoms with van der Waals surface area (Å²) in [5.74, 6) is -0.512. The normalized spacial score (nSPS) is 20.7. The molecule has 0 aliphatic carbocycles. The van der Waals surface area contributed by atoms with Crippen molar-refractivity contribution < 1.29 is 9.59 Å². The minimum Gasteiger partial charge on any atom is -0.354 e. The Balaban J connectivity index is 1.79. The summed E-state index contributed by atoms with van der Waals surface area (Å²) in [7, 11) is 0. The Morgan fingerprint density at radius 1 is 1.46 bits per heavy atom. The molecular formula is C16H17BrN4O3. The molecule has 1 aliphatic rings. The highest BCUT2D eigenvalue weighted by Crippen LogP contribution is 2.15. The van der Waals surface area contributed by atoms with Gasteiger partial charge >= 0.3 is 0 Å². The van der Waals surface area contributed by atoms with Gasteiger partial charge in [-0.05, 0) is 30.5 Å². The Kier molecular flexibility index (Phi) is 4.66. The number of amides is 2. The lowest BCUT2D eigenvalue weighted by Gasteiger charge is -2.29. The molecule has 2 heterocycles. The average Bonchev–Trinajstić information content (AvgIpc) is 2.54. The molecule has 0 saturated carbocycles. The summed E-state index contributed by atoms with van der Waals surface area (Å²) in [5, 5.41) is 5.87. The van der Waals surface area contributed by atoms with Crippen LogP contribution < -0.4 is 16.2 Å². The van der Waals surface area contributed by atoms with E-state index < -0.39 is 6.04 Å². The fourth-order valence-electron chi connectivity index (χ4n) is 2.78. The summed E-state index contributed by atoms with van der Waals surface area (Å²) in [6, 6.07) is 4.65. The molecule has 0 radical (unpaired) electrons. The second kappa shape index (κ2) is 6.72. The van der Waals surface area contributed by atoms with Crippen LogP contribution in [0.15, 0.2) is 33.8 Å². The maximum atomic E-state index is 12.5. The molecular weight excluding hydrogens is 376 g/mol. The molecule has 2 amide bonds. The lowest BCUT2D eigenvalue weighted by molar-refractivity contribution is -0.131. The second-order valence-corrected chi connectivity index (χ2v) is 6.86. The standard InChI is InChI=1S/C16H17BrN4O3/c1-9-4-5-18-15(23)14(9)20-13(22)7-21-8-19-12-3-2-10(17)6-11(12)16(21)24/h2-3,6,8-9,14H,4-5,7H2,1H3,(H,18,23)(H,20,22)/t9-,14-/m0/s1. The minimum atomic E-state index is -0.565. The quantitative estimate of drug-likeness (QED) is 0.807. The molecule has 1 fully saturated rings. The highest BCUT2D eigenvalue weighted by atomic mass is 79.9. The van der Waals surface area contributed by atoms with E-state index in [1.165, 1.54) is 10.9 Å². The first kappa shape index (κ1) is 16.6. The summed E-state index contributed by atoms with van der Waals surface area (Å²) >= 11 is 3.32. The van der Waals surface area contributed by atoms with E-state index >= 15 is 0 Å². The number of nitrogens with one attached hydrogen (secondary N) is 2. The van der Waals surface area contributed by atoms with Crippen molar-refractivity contribution in [1.82, 2.24) is 20.2 Å². The van der Waals surface area contributed by atoms with Crippen molar-refractivity contribution in [2.45, 2.75) is 25.9 Å². The van der Waals surface area contributed by atoms with Crippen molar-refractivity contribution in [3.63, 3.8) is 0 Å². The Bertz CT molecular complexity index is 864. The smallest absolute Gasteiger partial charge is 0.261 e. The molecule has 3 rings (SSSR count). The van der Waals surface area contributed by atoms with Gasteiger partial charge in [0.25, 0.3) is 5.56 Å². The average molecular weight is 393 g/mol. The number of hydrogen-bond acceptors (Lipinski definition) is 4. The van der Waals surface area contributed by atoms with Crippen molar-refractivity contribution in [2.75, 3.05) is 6.54 Å². The van der Waals surface area contributed by atoms with Gasteiger partial charge in [-0.3, -0.25) is 19.0 Å². The van der Waals surface area contributed by atoms with Gasteiger partial charge in [0.2, 0.25) is 11.8 Å². The van der Waals surface area contributed by atoms with Crippen LogP contribution in [0.4, 0.5) is 0 Å². The molecule has 0 spiro atoms. The molecule has 8 heteroatoms. The zero-order chi connectivity index (χ0) is 17.3. The molecule has 7 nitrogen and oxygen atoms in total. The van der Waals surface area contributed by atoms with Gasteiger partial charge in [0.15, 0.2) is 0 Å². The first-order valence-corrected chi connectivity index (χ1v) is 8.47. The molecule has 0 unspecified atom stereocenters. The Morgan fingerprint density at radius 3 is 3.00 bits per heavy atom. The number of carbonyl (C=O) groups is 2. The van der Waals surface area contributed by atoms with Gasteiger partial charge in [-0.15, -0.1) is 0 Å². The van der Waals surface area contributed by atoms with E-state index in [0.717, 1.165) is 10.9 Å². The first-order chi connectivity index (χ1) is 11.5. The Hall–Kier alpha value is -2.22. The molecule has 24 heavy (non-hydrogen) atoms. The summed E-state index contributed by atoms with van der Waals surface area (Å²) in [5.41, 5.74) is 0.276. The van der Waals surface area contributed by atoms with Gasteiger partial charge in [-0.25, -0.2) is 4.98 Å². The SMILES string of the molecule is C[C@H]1CCNC(=O)[C@H]1NC(=O)Cn1cnc2ccc(Br)cc2c1=O. The highest BCUT2D eigenvalue weighted by molar-refractivity contribution is 9.10. The maximum absolute atomic E-state index is 12.5. The summed E-state index contributed by atoms with van der Waals surface area (Å²) in [6.45, 7) is 2.37. The zero-order valence-electron chi connectivity index (χ0n) is 13.1. The van der Waals surface area contributed by atoms with Crippen molar-refractivity contribution >= 4 is 38.6 Å². The molecule has 126 valence electrons. The monoisotopic (exact) mass is 392 g/mol. The van der Waals surface area contributed by atoms with Crippen LogP contribution in [0.2, 0.25) is 0 Å². The third-order valence-corrected chi connectivity index (χ3v) is 4.66. The molecule has 1 saturated heterocycles. The van der Waals surface area contributed by atoms with Crippen LogP contribution in [0, 0.1) is 5.92 Å². The van der Waals surface area contributed by atoms with Crippen LogP contribution >= 0.6 is 15.9 Å². The lowest BCUT2D eigenvalue weighted by atomic mass is 9.94. The number of hydrogen-bond donors (Lipinski definition) is 2. The van der Waals surface area contributed by atoms with E-state index in [2.05, 4.69) is 31.5 Å². The predicted molar refractivity (Wildman–Crippen MR) is 92.4 cm³/mol. The number of aromatic nitrogens is 2. The van der Waals surface area contributed by atoms with Crippen molar-refractivity contribution in [2.24, 2.45) is 5.92 Å². The molecule has 1 aliphatic heterocycles. The first-order valence-electron chi connectivity index (χ1n) is 7.67. The minimum absolute atomic E-state index is 0.0603. The van der Waals surface area contributed by atoms with E-state index in [9.17, 15) is 14.4 Å². The van der Waals surface area contributed by atoms with Gasteiger partial charge in [0.05, 0.1) is 17.2 Å². The second-order valence-electron chi connectivity index (χ2n) is 5.94. The summed E-state index contributed by atoms with van der Waals surface area (Å²) < 4.78 is 2.01. The number of rotatable bonds is 3. The van der Waals surface area contributed by atoms with Crippen LogP contribution in [-0.2, 0) is 16.1 Å². The fourth-order valence-corrected chi connectivity index (χ4v) is 3.14. The van der Waals surface area contributed by atoms with Crippen LogP contribution in [-0.4, -0.2) is 34.0 Å². The molecule has 1 aromatic heterocycles. The van der Waals surface area contributed by atoms with Gasteiger partial charge in [0, 0.05) is 11.0 Å². The fraction of sp³-hybridized carbons (Fsp3) is 0.375. The number of nitrogens with zero attached hydrogens (tertiary/aromatic N) is 2. The van der Waals surface area contributed by atoms with E-state index in [1.807, 2.05) is 6.92 Å². The van der Waals surface area contributed by atoms with Crippen LogP contribution in [0.25, 0.3) is 10.9 Å². The van der Waals surface area contributed by atoms with Crippen LogP contribution in [0.3, 0.4) is 0 Å². The summed E-state index contributed by atoms with van der Waals surface area (Å²) in [4.78, 5) is 40.8. The Morgan fingerprint density at radius 2 is 2.25 bits per heavy atom. The third-order valence-electron chi connectivity index (χ3n) is 4.17. The van der Waals surface area contributed by atoms with E-state index in [-0.39, 0.29) is 29.8 Å². The van der Waals surface area contributed by atoms with Crippen molar-refractivity contribution in [3.8, 4) is 0 Å². The van der Waals surface area contributed by atoms with Crippen LogP contribution in [0.1, 0.15) is 13.3 Å². The molecule has 1 aromatic carbocycles. The molecule has 2 aromatic rings. The zero-order valence-corrected chi connectivity index (χ0v) is 14.7. The Labute approximate surface area is 146 Å². The van der Waals surface area contributed by atoms with Gasteiger partial charge in [-0.2, -0.15) is 0 Å². The number of benzene rings is 1. The molecule has 2 atom stereocenters. The third kappa shape index (κ3) is 3.33. The van der Waals surface area contributed by atoms with E-state index in [1.54, 1.807) is 18.2 Å². The number of piperidine rings is 1. The lowest BCUT2D eigenvalue weighted by Crippen LogP contribution is -2.55. The maximum Gasteiger partial charge on any atom is 0.261 e. The predicted octanol–water partition coefficient (Wildman–Crippen LogP) is 0.800. The number of fused-ring (bicyclic) bond motifs is 1. The largest absolute Gasteiger partial charge is 0.354 e. The number of halogens is 1. The highest BCUT2D eigenvalue weighted by Gasteiger charge is 2.30. The summed E-state index contributed by atoms with van der Waals surface area (Å²) in [6.07, 6.45) is 2.16.